The Bertz CT molecular complexity index is 907. The number of aromatic nitrogens is 2. The SMILES string of the molecule is O=C(NC1CCCN(CCc2ccccc2)C1)c1cccc2nccnc12. The summed E-state index contributed by atoms with van der Waals surface area (Å²) in [6.07, 6.45) is 6.44. The molecule has 0 bridgehead atoms. The lowest BCUT2D eigenvalue weighted by Gasteiger charge is -2.33. The first-order valence-corrected chi connectivity index (χ1v) is 9.56. The van der Waals surface area contributed by atoms with Crippen LogP contribution in [0.3, 0.4) is 0 Å². The van der Waals surface area contributed by atoms with Gasteiger partial charge in [0.1, 0.15) is 5.52 Å². The van der Waals surface area contributed by atoms with Crippen LogP contribution in [0.15, 0.2) is 60.9 Å². The molecule has 2 aromatic carbocycles. The predicted octanol–water partition coefficient (Wildman–Crippen LogP) is 3.07. The molecule has 5 heteroatoms. The minimum atomic E-state index is -0.0593. The minimum Gasteiger partial charge on any atom is -0.348 e. The average Bonchev–Trinajstić information content (AvgIpc) is 2.73. The van der Waals surface area contributed by atoms with Gasteiger partial charge in [0, 0.05) is 31.5 Å². The summed E-state index contributed by atoms with van der Waals surface area (Å²) >= 11 is 0. The molecule has 1 aliphatic heterocycles. The van der Waals surface area contributed by atoms with Crippen LogP contribution in [0.2, 0.25) is 0 Å². The molecule has 0 saturated carbocycles. The lowest BCUT2D eigenvalue weighted by molar-refractivity contribution is 0.0905. The van der Waals surface area contributed by atoms with E-state index in [-0.39, 0.29) is 11.9 Å². The van der Waals surface area contributed by atoms with Gasteiger partial charge in [-0.2, -0.15) is 0 Å². The van der Waals surface area contributed by atoms with Crippen molar-refractivity contribution in [1.29, 1.82) is 0 Å². The van der Waals surface area contributed by atoms with E-state index in [0.717, 1.165) is 44.4 Å². The topological polar surface area (TPSA) is 58.1 Å². The summed E-state index contributed by atoms with van der Waals surface area (Å²) in [5.74, 6) is -0.0593. The Morgan fingerprint density at radius 1 is 1.07 bits per heavy atom. The molecule has 5 nitrogen and oxygen atoms in total. The van der Waals surface area contributed by atoms with Crippen LogP contribution >= 0.6 is 0 Å². The maximum atomic E-state index is 12.8. The molecular weight excluding hydrogens is 336 g/mol. The van der Waals surface area contributed by atoms with Gasteiger partial charge < -0.3 is 10.2 Å². The van der Waals surface area contributed by atoms with Crippen LogP contribution in [0.4, 0.5) is 0 Å². The molecule has 1 atom stereocenters. The second-order valence-corrected chi connectivity index (χ2v) is 7.08. The third-order valence-corrected chi connectivity index (χ3v) is 5.14. The third kappa shape index (κ3) is 4.31. The van der Waals surface area contributed by atoms with E-state index in [1.807, 2.05) is 24.3 Å². The number of rotatable bonds is 5. The standard InChI is InChI=1S/C22H24N4O/c27-22(19-9-4-10-20-21(19)24-13-12-23-20)25-18-8-5-14-26(16-18)15-11-17-6-2-1-3-7-17/h1-4,6-7,9-10,12-13,18H,5,8,11,14-16H2,(H,25,27). The number of likely N-dealkylation sites (tertiary alicyclic amines) is 1. The number of benzene rings is 2. The van der Waals surface area contributed by atoms with E-state index in [9.17, 15) is 4.79 Å². The first-order chi connectivity index (χ1) is 13.3. The van der Waals surface area contributed by atoms with E-state index in [1.54, 1.807) is 12.4 Å². The number of amides is 1. The summed E-state index contributed by atoms with van der Waals surface area (Å²) in [4.78, 5) is 23.9. The lowest BCUT2D eigenvalue weighted by Crippen LogP contribution is -2.48. The molecule has 4 rings (SSSR count). The monoisotopic (exact) mass is 360 g/mol. The zero-order chi connectivity index (χ0) is 18.5. The maximum Gasteiger partial charge on any atom is 0.253 e. The Kier molecular flexibility index (Phi) is 5.39. The summed E-state index contributed by atoms with van der Waals surface area (Å²) < 4.78 is 0. The Morgan fingerprint density at radius 3 is 2.81 bits per heavy atom. The molecule has 0 spiro atoms. The van der Waals surface area contributed by atoms with Crippen molar-refractivity contribution in [2.45, 2.75) is 25.3 Å². The molecule has 0 radical (unpaired) electrons. The zero-order valence-electron chi connectivity index (χ0n) is 15.3. The van der Waals surface area contributed by atoms with Crippen LogP contribution in [0.25, 0.3) is 11.0 Å². The first kappa shape index (κ1) is 17.6. The van der Waals surface area contributed by atoms with E-state index in [1.165, 1.54) is 5.56 Å². The molecule has 1 N–H and O–H groups in total. The van der Waals surface area contributed by atoms with E-state index < -0.39 is 0 Å². The van der Waals surface area contributed by atoms with E-state index >= 15 is 0 Å². The second-order valence-electron chi connectivity index (χ2n) is 7.08. The Hall–Kier alpha value is -2.79. The van der Waals surface area contributed by atoms with E-state index in [0.29, 0.717) is 11.1 Å². The summed E-state index contributed by atoms with van der Waals surface area (Å²) in [5, 5.41) is 3.21. The van der Waals surface area contributed by atoms with E-state index in [2.05, 4.69) is 44.5 Å². The van der Waals surface area contributed by atoms with Gasteiger partial charge >= 0.3 is 0 Å². The molecule has 27 heavy (non-hydrogen) atoms. The van der Waals surface area contributed by atoms with Crippen molar-refractivity contribution in [2.75, 3.05) is 19.6 Å². The van der Waals surface area contributed by atoms with Crippen molar-refractivity contribution < 1.29 is 4.79 Å². The van der Waals surface area contributed by atoms with Crippen LogP contribution in [0, 0.1) is 0 Å². The molecule has 1 fully saturated rings. The van der Waals surface area contributed by atoms with Crippen molar-refractivity contribution in [2.24, 2.45) is 0 Å². The zero-order valence-corrected chi connectivity index (χ0v) is 15.3. The number of piperidine rings is 1. The highest BCUT2D eigenvalue weighted by molar-refractivity contribution is 6.04. The summed E-state index contributed by atoms with van der Waals surface area (Å²) in [6.45, 7) is 3.02. The first-order valence-electron chi connectivity index (χ1n) is 9.56. The van der Waals surface area contributed by atoms with Crippen LogP contribution in [0.1, 0.15) is 28.8 Å². The average molecular weight is 360 g/mol. The normalized spacial score (nSPS) is 17.7. The van der Waals surface area contributed by atoms with Gasteiger partial charge in [0.2, 0.25) is 0 Å². The number of carbonyl (C=O) groups is 1. The molecule has 1 amide bonds. The number of fused-ring (bicyclic) bond motifs is 1. The molecule has 1 unspecified atom stereocenters. The molecular formula is C22H24N4O. The Morgan fingerprint density at radius 2 is 1.93 bits per heavy atom. The molecule has 3 aromatic rings. The smallest absolute Gasteiger partial charge is 0.253 e. The van der Waals surface area contributed by atoms with Gasteiger partial charge in [-0.25, -0.2) is 0 Å². The summed E-state index contributed by atoms with van der Waals surface area (Å²) in [6, 6.07) is 16.3. The fourth-order valence-corrected chi connectivity index (χ4v) is 3.75. The van der Waals surface area contributed by atoms with Crippen molar-refractivity contribution in [3.8, 4) is 0 Å². The Labute approximate surface area is 159 Å². The van der Waals surface area contributed by atoms with Gasteiger partial charge in [0.15, 0.2) is 0 Å². The van der Waals surface area contributed by atoms with Gasteiger partial charge in [0.25, 0.3) is 5.91 Å². The summed E-state index contributed by atoms with van der Waals surface area (Å²) in [5.41, 5.74) is 3.37. The molecule has 2 heterocycles. The minimum absolute atomic E-state index is 0.0593. The van der Waals surface area contributed by atoms with Gasteiger partial charge in [-0.05, 0) is 43.5 Å². The second kappa shape index (κ2) is 8.27. The number of nitrogens with one attached hydrogen (secondary N) is 1. The highest BCUT2D eigenvalue weighted by Crippen LogP contribution is 2.16. The Balaban J connectivity index is 1.38. The summed E-state index contributed by atoms with van der Waals surface area (Å²) in [7, 11) is 0. The number of hydrogen-bond donors (Lipinski definition) is 1. The lowest BCUT2D eigenvalue weighted by atomic mass is 10.0. The number of para-hydroxylation sites is 1. The van der Waals surface area contributed by atoms with Gasteiger partial charge in [-0.3, -0.25) is 14.8 Å². The van der Waals surface area contributed by atoms with Gasteiger partial charge in [0.05, 0.1) is 11.1 Å². The largest absolute Gasteiger partial charge is 0.348 e. The van der Waals surface area contributed by atoms with Crippen molar-refractivity contribution in [3.05, 3.63) is 72.1 Å². The fourth-order valence-electron chi connectivity index (χ4n) is 3.75. The quantitative estimate of drug-likeness (QED) is 0.760. The van der Waals surface area contributed by atoms with Crippen LogP contribution < -0.4 is 5.32 Å². The maximum absolute atomic E-state index is 12.8. The van der Waals surface area contributed by atoms with Gasteiger partial charge in [-0.1, -0.05) is 36.4 Å². The molecule has 138 valence electrons. The van der Waals surface area contributed by atoms with Crippen molar-refractivity contribution in [1.82, 2.24) is 20.2 Å². The molecule has 1 saturated heterocycles. The van der Waals surface area contributed by atoms with E-state index in [4.69, 9.17) is 0 Å². The third-order valence-electron chi connectivity index (χ3n) is 5.14. The van der Waals surface area contributed by atoms with Crippen LogP contribution in [-0.2, 0) is 6.42 Å². The molecule has 1 aromatic heterocycles. The highest BCUT2D eigenvalue weighted by Gasteiger charge is 2.22. The molecule has 0 aliphatic carbocycles. The van der Waals surface area contributed by atoms with Gasteiger partial charge in [-0.15, -0.1) is 0 Å². The number of carbonyl (C=O) groups excluding carboxylic acids is 1. The van der Waals surface area contributed by atoms with Crippen LogP contribution in [0.5, 0.6) is 0 Å². The fraction of sp³-hybridized carbons (Fsp3) is 0.318. The number of hydrogen-bond acceptors (Lipinski definition) is 4. The van der Waals surface area contributed by atoms with Crippen molar-refractivity contribution in [3.63, 3.8) is 0 Å². The number of nitrogens with zero attached hydrogens (tertiary/aromatic N) is 3. The van der Waals surface area contributed by atoms with Crippen molar-refractivity contribution >= 4 is 16.9 Å². The highest BCUT2D eigenvalue weighted by atomic mass is 16.1. The predicted molar refractivity (Wildman–Crippen MR) is 107 cm³/mol. The van der Waals surface area contributed by atoms with Crippen LogP contribution in [-0.4, -0.2) is 46.5 Å². The molecule has 1 aliphatic rings.